The maximum Gasteiger partial charge on any atom is 0.233 e. The van der Waals surface area contributed by atoms with Crippen molar-refractivity contribution in [2.75, 3.05) is 6.54 Å². The molecule has 1 aliphatic rings. The lowest BCUT2D eigenvalue weighted by atomic mass is 9.95. The maximum atomic E-state index is 12.3. The Kier molecular flexibility index (Phi) is 6.11. The van der Waals surface area contributed by atoms with Gasteiger partial charge >= 0.3 is 0 Å². The average Bonchev–Trinajstić information content (AvgIpc) is 3.13. The number of pyridine rings is 1. The van der Waals surface area contributed by atoms with Gasteiger partial charge in [0.25, 0.3) is 0 Å². The molecule has 4 rings (SSSR count). The monoisotopic (exact) mass is 422 g/mol. The Balaban J connectivity index is 1.45. The van der Waals surface area contributed by atoms with E-state index in [1.807, 2.05) is 54.1 Å². The smallest absolute Gasteiger partial charge is 0.233 e. The number of hydrogen-bond acceptors (Lipinski definition) is 4. The first-order valence-electron chi connectivity index (χ1n) is 10.3. The fourth-order valence-corrected chi connectivity index (χ4v) is 4.56. The highest BCUT2D eigenvalue weighted by Gasteiger charge is 2.22. The van der Waals surface area contributed by atoms with Crippen LogP contribution in [0.4, 0.5) is 0 Å². The highest BCUT2D eigenvalue weighted by Crippen LogP contribution is 2.30. The number of aryl methyl sites for hydroxylation is 1. The molecule has 0 amide bonds. The van der Waals surface area contributed by atoms with E-state index in [4.69, 9.17) is 5.10 Å². The third kappa shape index (κ3) is 4.86. The summed E-state index contributed by atoms with van der Waals surface area (Å²) in [5, 5.41) is 6.00. The van der Waals surface area contributed by atoms with Gasteiger partial charge in [-0.15, -0.1) is 0 Å². The van der Waals surface area contributed by atoms with Crippen LogP contribution in [-0.2, 0) is 29.4 Å². The van der Waals surface area contributed by atoms with Crippen LogP contribution in [0.1, 0.15) is 35.2 Å². The van der Waals surface area contributed by atoms with E-state index in [-0.39, 0.29) is 6.54 Å². The highest BCUT2D eigenvalue weighted by molar-refractivity contribution is 7.92. The molecular formula is C23H26N4O2S. The highest BCUT2D eigenvalue weighted by atomic mass is 32.2. The second-order valence-electron chi connectivity index (χ2n) is 7.57. The Hall–Kier alpha value is -2.77. The van der Waals surface area contributed by atoms with Crippen LogP contribution in [0.2, 0.25) is 0 Å². The molecule has 0 spiro atoms. The number of nitrogens with one attached hydrogen (secondary N) is 1. The molecule has 3 aromatic rings. The van der Waals surface area contributed by atoms with E-state index in [1.54, 1.807) is 12.3 Å². The van der Waals surface area contributed by atoms with Crippen molar-refractivity contribution in [2.24, 2.45) is 0 Å². The molecule has 0 saturated carbocycles. The summed E-state index contributed by atoms with van der Waals surface area (Å²) < 4.78 is 29.3. The first kappa shape index (κ1) is 20.5. The predicted molar refractivity (Wildman–Crippen MR) is 119 cm³/mol. The topological polar surface area (TPSA) is 76.9 Å². The number of nitrogens with zero attached hydrogens (tertiary/aromatic N) is 3. The number of rotatable bonds is 7. The van der Waals surface area contributed by atoms with Gasteiger partial charge in [0.15, 0.2) is 0 Å². The van der Waals surface area contributed by atoms with E-state index in [1.165, 1.54) is 16.7 Å². The number of aromatic nitrogens is 3. The number of fused-ring (bicyclic) bond motifs is 1. The largest absolute Gasteiger partial charge is 0.267 e. The van der Waals surface area contributed by atoms with Gasteiger partial charge in [0.2, 0.25) is 10.0 Å². The molecule has 1 aromatic carbocycles. The van der Waals surface area contributed by atoms with Crippen molar-refractivity contribution in [1.82, 2.24) is 19.5 Å². The van der Waals surface area contributed by atoms with Gasteiger partial charge in [-0.3, -0.25) is 9.67 Å². The second kappa shape index (κ2) is 8.93. The molecule has 0 bridgehead atoms. The number of sulfonamides is 1. The molecule has 0 atom stereocenters. The van der Waals surface area contributed by atoms with Crippen molar-refractivity contribution in [3.8, 4) is 11.4 Å². The van der Waals surface area contributed by atoms with Gasteiger partial charge in [0, 0.05) is 29.4 Å². The van der Waals surface area contributed by atoms with Crippen LogP contribution in [0.3, 0.4) is 0 Å². The van der Waals surface area contributed by atoms with Crippen molar-refractivity contribution in [3.63, 3.8) is 0 Å². The summed E-state index contributed by atoms with van der Waals surface area (Å²) in [5.74, 6) is 0. The summed E-state index contributed by atoms with van der Waals surface area (Å²) in [6, 6.07) is 13.5. The van der Waals surface area contributed by atoms with Gasteiger partial charge in [-0.1, -0.05) is 35.9 Å². The molecular weight excluding hydrogens is 396 g/mol. The minimum atomic E-state index is -3.51. The van der Waals surface area contributed by atoms with Crippen LogP contribution in [0.15, 0.2) is 54.1 Å². The Bertz CT molecular complexity index is 1130. The summed E-state index contributed by atoms with van der Waals surface area (Å²) in [6.45, 7) is 2.78. The summed E-state index contributed by atoms with van der Waals surface area (Å²) in [7, 11) is -3.51. The Morgan fingerprint density at radius 2 is 1.90 bits per heavy atom. The molecule has 6 nitrogen and oxygen atoms in total. The molecule has 0 fully saturated rings. The summed E-state index contributed by atoms with van der Waals surface area (Å²) in [4.78, 5) is 4.45. The maximum absolute atomic E-state index is 12.3. The lowest BCUT2D eigenvalue weighted by Gasteiger charge is -2.14. The zero-order valence-corrected chi connectivity index (χ0v) is 17.9. The molecule has 1 aliphatic carbocycles. The van der Waals surface area contributed by atoms with Crippen molar-refractivity contribution < 1.29 is 8.42 Å². The normalized spacial score (nSPS) is 14.2. The van der Waals surface area contributed by atoms with Crippen LogP contribution in [-0.4, -0.2) is 29.7 Å². The standard InChI is InChI=1S/C23H26N4O2S/c1-18-9-11-19(12-10-18)13-17-30(28,29)25-15-16-27-22-8-3-2-6-20(22)23(26-27)21-7-4-5-14-24-21/h4-5,7,9-14,17,25H,2-3,6,8,15-16H2,1H3/b17-13+. The van der Waals surface area contributed by atoms with Crippen LogP contribution >= 0.6 is 0 Å². The molecule has 2 heterocycles. The van der Waals surface area contributed by atoms with Crippen LogP contribution in [0, 0.1) is 6.92 Å². The fourth-order valence-electron chi connectivity index (χ4n) is 3.75. The molecule has 0 saturated heterocycles. The minimum Gasteiger partial charge on any atom is -0.267 e. The summed E-state index contributed by atoms with van der Waals surface area (Å²) in [5.41, 5.74) is 6.25. The van der Waals surface area contributed by atoms with Crippen LogP contribution in [0.25, 0.3) is 17.5 Å². The molecule has 2 aromatic heterocycles. The fraction of sp³-hybridized carbons (Fsp3) is 0.304. The van der Waals surface area contributed by atoms with E-state index in [0.717, 1.165) is 48.2 Å². The third-order valence-corrected chi connectivity index (χ3v) is 6.41. The van der Waals surface area contributed by atoms with E-state index in [9.17, 15) is 8.42 Å². The van der Waals surface area contributed by atoms with E-state index in [2.05, 4.69) is 9.71 Å². The van der Waals surface area contributed by atoms with Crippen molar-refractivity contribution in [1.29, 1.82) is 0 Å². The Morgan fingerprint density at radius 3 is 2.67 bits per heavy atom. The van der Waals surface area contributed by atoms with Gasteiger partial charge in [-0.05, 0) is 56.4 Å². The lowest BCUT2D eigenvalue weighted by molar-refractivity contribution is 0.542. The predicted octanol–water partition coefficient (Wildman–Crippen LogP) is 3.72. The molecule has 30 heavy (non-hydrogen) atoms. The Labute approximate surface area is 177 Å². The molecule has 1 N–H and O–H groups in total. The summed E-state index contributed by atoms with van der Waals surface area (Å²) >= 11 is 0. The van der Waals surface area contributed by atoms with Gasteiger partial charge < -0.3 is 0 Å². The molecule has 7 heteroatoms. The molecule has 0 unspecified atom stereocenters. The SMILES string of the molecule is Cc1ccc(/C=C/S(=O)(=O)NCCn2nc(-c3ccccn3)c3c2CCCC3)cc1. The first-order valence-corrected chi connectivity index (χ1v) is 11.8. The quantitative estimate of drug-likeness (QED) is 0.630. The van der Waals surface area contributed by atoms with Gasteiger partial charge in [-0.2, -0.15) is 5.10 Å². The van der Waals surface area contributed by atoms with E-state index < -0.39 is 10.0 Å². The number of benzene rings is 1. The van der Waals surface area contributed by atoms with E-state index >= 15 is 0 Å². The van der Waals surface area contributed by atoms with E-state index in [0.29, 0.717) is 6.54 Å². The van der Waals surface area contributed by atoms with Gasteiger partial charge in [-0.25, -0.2) is 13.1 Å². The first-order chi connectivity index (χ1) is 14.5. The number of hydrogen-bond donors (Lipinski definition) is 1. The summed E-state index contributed by atoms with van der Waals surface area (Å²) in [6.07, 6.45) is 7.62. The molecule has 0 radical (unpaired) electrons. The van der Waals surface area contributed by atoms with Crippen molar-refractivity contribution in [3.05, 3.63) is 76.5 Å². The lowest BCUT2D eigenvalue weighted by Crippen LogP contribution is -2.26. The average molecular weight is 423 g/mol. The Morgan fingerprint density at radius 1 is 1.10 bits per heavy atom. The van der Waals surface area contributed by atoms with Gasteiger partial charge in [0.05, 0.1) is 12.2 Å². The van der Waals surface area contributed by atoms with Gasteiger partial charge in [0.1, 0.15) is 5.69 Å². The van der Waals surface area contributed by atoms with Crippen LogP contribution < -0.4 is 4.72 Å². The zero-order valence-electron chi connectivity index (χ0n) is 17.1. The minimum absolute atomic E-state index is 0.288. The van der Waals surface area contributed by atoms with Crippen molar-refractivity contribution in [2.45, 2.75) is 39.2 Å². The second-order valence-corrected chi connectivity index (χ2v) is 9.22. The van der Waals surface area contributed by atoms with Crippen molar-refractivity contribution >= 4 is 16.1 Å². The van der Waals surface area contributed by atoms with Crippen LogP contribution in [0.5, 0.6) is 0 Å². The molecule has 156 valence electrons. The zero-order chi connectivity index (χ0) is 21.0. The third-order valence-electron chi connectivity index (χ3n) is 5.31. The molecule has 0 aliphatic heterocycles.